The van der Waals surface area contributed by atoms with E-state index in [1.807, 2.05) is 25.7 Å². The first-order chi connectivity index (χ1) is 15.7. The number of carboxylic acids is 1. The summed E-state index contributed by atoms with van der Waals surface area (Å²) in [5, 5.41) is 14.6. The summed E-state index contributed by atoms with van der Waals surface area (Å²) < 4.78 is 6.06. The van der Waals surface area contributed by atoms with Gasteiger partial charge in [0.05, 0.1) is 0 Å². The zero-order chi connectivity index (χ0) is 24.3. The number of amides is 4. The van der Waals surface area contributed by atoms with Crippen molar-refractivity contribution in [2.75, 3.05) is 19.6 Å². The lowest BCUT2D eigenvalue weighted by Gasteiger charge is -2.53. The molecule has 10 heteroatoms. The summed E-state index contributed by atoms with van der Waals surface area (Å²) in [4.78, 5) is 52.2. The lowest BCUT2D eigenvalue weighted by Crippen LogP contribution is -2.74. The summed E-state index contributed by atoms with van der Waals surface area (Å²) >= 11 is 0. The van der Waals surface area contributed by atoms with Crippen LogP contribution in [0, 0.1) is 5.41 Å². The topological polar surface area (TPSA) is 128 Å². The Labute approximate surface area is 193 Å². The number of aliphatic carboxylic acids is 1. The van der Waals surface area contributed by atoms with Crippen molar-refractivity contribution in [3.8, 4) is 5.75 Å². The third-order valence-electron chi connectivity index (χ3n) is 6.65. The standard InChI is InChI=1S/C23H32N4O6/c1-5-23(6-2)20(31)27(22(32)25-15(4)19(29)30)21(23)33-17-9-7-16(8-10-17)18(28)26-12-11-24-13-14(26)3/h7-10,14-15,21,24H,5-6,11-13H2,1-4H3,(H,25,32)(H,29,30). The van der Waals surface area contributed by atoms with Gasteiger partial charge in [-0.15, -0.1) is 0 Å². The van der Waals surface area contributed by atoms with Crippen molar-refractivity contribution < 1.29 is 29.0 Å². The van der Waals surface area contributed by atoms with E-state index in [9.17, 15) is 19.2 Å². The smallest absolute Gasteiger partial charge is 0.327 e. The van der Waals surface area contributed by atoms with Crippen LogP contribution in [0.2, 0.25) is 0 Å². The van der Waals surface area contributed by atoms with Crippen LogP contribution < -0.4 is 15.4 Å². The van der Waals surface area contributed by atoms with Crippen molar-refractivity contribution in [2.45, 2.75) is 58.8 Å². The average Bonchev–Trinajstić information content (AvgIpc) is 2.80. The third kappa shape index (κ3) is 4.52. The lowest BCUT2D eigenvalue weighted by molar-refractivity contribution is -0.191. The molecule has 33 heavy (non-hydrogen) atoms. The molecule has 2 aliphatic heterocycles. The van der Waals surface area contributed by atoms with Crippen LogP contribution in [-0.2, 0) is 9.59 Å². The third-order valence-corrected chi connectivity index (χ3v) is 6.65. The van der Waals surface area contributed by atoms with Crippen molar-refractivity contribution in [1.29, 1.82) is 0 Å². The van der Waals surface area contributed by atoms with Gasteiger partial charge in [0.2, 0.25) is 5.91 Å². The second kappa shape index (κ2) is 9.78. The average molecular weight is 461 g/mol. The summed E-state index contributed by atoms with van der Waals surface area (Å²) in [5.41, 5.74) is -0.350. The summed E-state index contributed by atoms with van der Waals surface area (Å²) in [5.74, 6) is -1.25. The Balaban J connectivity index is 1.76. The molecule has 180 valence electrons. The van der Waals surface area contributed by atoms with Gasteiger partial charge in [0.25, 0.3) is 5.91 Å². The number of carboxylic acid groups (broad SMARTS) is 1. The number of rotatable bonds is 7. The Kier molecular flexibility index (Phi) is 7.26. The highest BCUT2D eigenvalue weighted by molar-refractivity contribution is 6.04. The summed E-state index contributed by atoms with van der Waals surface area (Å²) in [6.07, 6.45) is 0.0431. The number of likely N-dealkylation sites (tertiary alicyclic amines) is 1. The lowest BCUT2D eigenvalue weighted by atomic mass is 9.72. The number of ether oxygens (including phenoxy) is 1. The van der Waals surface area contributed by atoms with Crippen molar-refractivity contribution in [3.63, 3.8) is 0 Å². The molecule has 0 spiro atoms. The number of carbonyl (C=O) groups excluding carboxylic acids is 3. The Morgan fingerprint density at radius 2 is 1.88 bits per heavy atom. The van der Waals surface area contributed by atoms with Gasteiger partial charge in [0.15, 0.2) is 6.23 Å². The van der Waals surface area contributed by atoms with E-state index in [2.05, 4.69) is 10.6 Å². The van der Waals surface area contributed by atoms with Gasteiger partial charge in [-0.25, -0.2) is 9.69 Å². The number of carbonyl (C=O) groups is 4. The first-order valence-corrected chi connectivity index (χ1v) is 11.3. The SMILES string of the molecule is CCC1(CC)C(=O)N(C(=O)NC(C)C(=O)O)C1Oc1ccc(C(=O)N2CCNCC2C)cc1. The fourth-order valence-electron chi connectivity index (χ4n) is 4.33. The predicted molar refractivity (Wildman–Crippen MR) is 120 cm³/mol. The summed E-state index contributed by atoms with van der Waals surface area (Å²) in [6, 6.07) is 4.77. The van der Waals surface area contributed by atoms with E-state index in [1.54, 1.807) is 24.3 Å². The molecule has 3 N–H and O–H groups in total. The number of hydrogen-bond acceptors (Lipinski definition) is 6. The van der Waals surface area contributed by atoms with Crippen molar-refractivity contribution >= 4 is 23.8 Å². The van der Waals surface area contributed by atoms with E-state index in [0.717, 1.165) is 18.0 Å². The van der Waals surface area contributed by atoms with Crippen LogP contribution in [0.15, 0.2) is 24.3 Å². The number of nitrogens with zero attached hydrogens (tertiary/aromatic N) is 2. The molecule has 4 amide bonds. The Bertz CT molecular complexity index is 914. The minimum atomic E-state index is -1.20. The largest absolute Gasteiger partial charge is 0.480 e. The molecule has 0 bridgehead atoms. The Morgan fingerprint density at radius 1 is 1.24 bits per heavy atom. The van der Waals surface area contributed by atoms with E-state index in [4.69, 9.17) is 9.84 Å². The van der Waals surface area contributed by atoms with Crippen LogP contribution in [-0.4, -0.2) is 76.7 Å². The minimum absolute atomic E-state index is 0.0607. The Hall–Kier alpha value is -3.14. The fraction of sp³-hybridized carbons (Fsp3) is 0.565. The monoisotopic (exact) mass is 460 g/mol. The van der Waals surface area contributed by atoms with Gasteiger partial charge in [0.1, 0.15) is 17.2 Å². The second-order valence-corrected chi connectivity index (χ2v) is 8.59. The zero-order valence-corrected chi connectivity index (χ0v) is 19.5. The highest BCUT2D eigenvalue weighted by atomic mass is 16.5. The number of urea groups is 1. The maximum atomic E-state index is 12.9. The van der Waals surface area contributed by atoms with Crippen LogP contribution in [0.1, 0.15) is 50.9 Å². The summed E-state index contributed by atoms with van der Waals surface area (Å²) in [6.45, 7) is 9.15. The van der Waals surface area contributed by atoms with E-state index < -0.39 is 35.6 Å². The minimum Gasteiger partial charge on any atom is -0.480 e. The van der Waals surface area contributed by atoms with Crippen LogP contribution in [0.25, 0.3) is 0 Å². The second-order valence-electron chi connectivity index (χ2n) is 8.59. The van der Waals surface area contributed by atoms with Crippen molar-refractivity contribution in [1.82, 2.24) is 20.4 Å². The van der Waals surface area contributed by atoms with Crippen molar-refractivity contribution in [3.05, 3.63) is 29.8 Å². The number of β-lactam (4-membered cyclic amide) rings is 1. The van der Waals surface area contributed by atoms with Crippen LogP contribution in [0.3, 0.4) is 0 Å². The van der Waals surface area contributed by atoms with E-state index >= 15 is 0 Å². The maximum Gasteiger partial charge on any atom is 0.327 e. The first kappa shape index (κ1) is 24.5. The van der Waals surface area contributed by atoms with Crippen LogP contribution in [0.4, 0.5) is 4.79 Å². The first-order valence-electron chi connectivity index (χ1n) is 11.3. The number of imide groups is 1. The molecule has 1 aromatic carbocycles. The van der Waals surface area contributed by atoms with Gasteiger partial charge in [-0.1, -0.05) is 13.8 Å². The molecule has 2 fully saturated rings. The number of piperazine rings is 1. The van der Waals surface area contributed by atoms with Gasteiger partial charge in [-0.2, -0.15) is 0 Å². The molecule has 3 rings (SSSR count). The molecule has 0 saturated carbocycles. The van der Waals surface area contributed by atoms with E-state index in [-0.39, 0.29) is 11.9 Å². The summed E-state index contributed by atoms with van der Waals surface area (Å²) in [7, 11) is 0. The molecule has 0 aliphatic carbocycles. The molecular weight excluding hydrogens is 428 g/mol. The number of benzene rings is 1. The molecule has 2 aliphatic rings. The molecule has 10 nitrogen and oxygen atoms in total. The van der Waals surface area contributed by atoms with Crippen LogP contribution in [0.5, 0.6) is 5.75 Å². The Morgan fingerprint density at radius 3 is 2.42 bits per heavy atom. The van der Waals surface area contributed by atoms with Gasteiger partial charge in [0, 0.05) is 31.2 Å². The van der Waals surface area contributed by atoms with E-state index in [1.165, 1.54) is 6.92 Å². The maximum absolute atomic E-state index is 12.9. The van der Waals surface area contributed by atoms with Gasteiger partial charge < -0.3 is 25.4 Å². The zero-order valence-electron chi connectivity index (χ0n) is 19.5. The molecule has 0 radical (unpaired) electrons. The highest BCUT2D eigenvalue weighted by Crippen LogP contribution is 2.46. The molecule has 2 heterocycles. The van der Waals surface area contributed by atoms with Gasteiger partial charge >= 0.3 is 12.0 Å². The predicted octanol–water partition coefficient (Wildman–Crippen LogP) is 1.66. The molecular formula is C23H32N4O6. The highest BCUT2D eigenvalue weighted by Gasteiger charge is 2.63. The normalized spacial score (nSPS) is 22.8. The quantitative estimate of drug-likeness (QED) is 0.528. The van der Waals surface area contributed by atoms with Crippen molar-refractivity contribution in [2.24, 2.45) is 5.41 Å². The van der Waals surface area contributed by atoms with Crippen LogP contribution >= 0.6 is 0 Å². The van der Waals surface area contributed by atoms with Gasteiger partial charge in [-0.05, 0) is 51.0 Å². The molecule has 0 aromatic heterocycles. The number of hydrogen-bond donors (Lipinski definition) is 3. The molecule has 3 atom stereocenters. The molecule has 2 saturated heterocycles. The molecule has 1 aromatic rings. The fourth-order valence-corrected chi connectivity index (χ4v) is 4.33. The molecule has 3 unspecified atom stereocenters. The van der Waals surface area contributed by atoms with Gasteiger partial charge in [-0.3, -0.25) is 14.4 Å². The van der Waals surface area contributed by atoms with E-state index in [0.29, 0.717) is 30.7 Å². The number of nitrogens with one attached hydrogen (secondary N) is 2.